The number of halogens is 6. The molecule has 3 aromatic rings. The summed E-state index contributed by atoms with van der Waals surface area (Å²) in [5.41, 5.74) is -1.70. The number of hydrogen-bond donors (Lipinski definition) is 1. The fourth-order valence-corrected chi connectivity index (χ4v) is 3.11. The number of carbonyl (C=O) groups excluding carboxylic acids is 1. The Balaban J connectivity index is 1.90. The van der Waals surface area contributed by atoms with Gasteiger partial charge in [-0.2, -0.15) is 27.1 Å². The molecule has 152 valence electrons. The second-order valence-electron chi connectivity index (χ2n) is 5.65. The lowest BCUT2D eigenvalue weighted by atomic mass is 10.2. The molecule has 0 aliphatic carbocycles. The summed E-state index contributed by atoms with van der Waals surface area (Å²) in [6.07, 6.45) is -4.05. The first kappa shape index (κ1) is 21.1. The first-order valence-electron chi connectivity index (χ1n) is 7.92. The average molecular weight is 448 g/mol. The van der Waals surface area contributed by atoms with Crippen LogP contribution >= 0.6 is 23.4 Å². The Bertz CT molecular complexity index is 1000. The van der Waals surface area contributed by atoms with Crippen molar-refractivity contribution >= 4 is 35.0 Å². The second kappa shape index (κ2) is 8.42. The number of nitrogens with zero attached hydrogens (tertiary/aromatic N) is 2. The Hall–Kier alpha value is -2.59. The molecule has 0 fully saturated rings. The number of benzene rings is 2. The molecule has 29 heavy (non-hydrogen) atoms. The van der Waals surface area contributed by atoms with Crippen LogP contribution in [0.15, 0.2) is 59.6 Å². The lowest BCUT2D eigenvalue weighted by Crippen LogP contribution is -2.20. The van der Waals surface area contributed by atoms with Gasteiger partial charge in [-0.05, 0) is 48.5 Å². The highest BCUT2D eigenvalue weighted by Crippen LogP contribution is 2.34. The standard InChI is InChI=1S/C18H11ClF5N3OS/c19-10-1-5-12(6-2-10)27-15(18(22,23)24)14(9-25-27)16(28)26-11-3-7-13(8-4-11)29-17(20)21/h1-9,17H,(H,26,28). The number of carbonyl (C=O) groups is 1. The smallest absolute Gasteiger partial charge is 0.322 e. The molecular formula is C18H11ClF5N3OS. The van der Waals surface area contributed by atoms with Gasteiger partial charge in [-0.1, -0.05) is 23.4 Å². The van der Waals surface area contributed by atoms with Crippen molar-refractivity contribution in [3.63, 3.8) is 0 Å². The zero-order chi connectivity index (χ0) is 21.2. The SMILES string of the molecule is O=C(Nc1ccc(SC(F)F)cc1)c1cnn(-c2ccc(Cl)cc2)c1C(F)(F)F. The van der Waals surface area contributed by atoms with Gasteiger partial charge in [0.15, 0.2) is 5.69 Å². The molecule has 0 aliphatic heterocycles. The van der Waals surface area contributed by atoms with Crippen LogP contribution in [0.5, 0.6) is 0 Å². The summed E-state index contributed by atoms with van der Waals surface area (Å²) in [6, 6.07) is 10.8. The predicted octanol–water partition coefficient (Wildman–Crippen LogP) is 6.11. The molecule has 1 heterocycles. The van der Waals surface area contributed by atoms with Crippen molar-refractivity contribution < 1.29 is 26.7 Å². The van der Waals surface area contributed by atoms with Crippen molar-refractivity contribution in [1.29, 1.82) is 0 Å². The maximum atomic E-state index is 13.6. The number of amides is 1. The molecule has 0 radical (unpaired) electrons. The molecule has 1 aromatic heterocycles. The fraction of sp³-hybridized carbons (Fsp3) is 0.111. The van der Waals surface area contributed by atoms with E-state index in [-0.39, 0.29) is 16.3 Å². The monoisotopic (exact) mass is 447 g/mol. The predicted molar refractivity (Wildman–Crippen MR) is 99.8 cm³/mol. The summed E-state index contributed by atoms with van der Waals surface area (Å²) in [7, 11) is 0. The van der Waals surface area contributed by atoms with Crippen LogP contribution in [0.1, 0.15) is 16.1 Å². The quantitative estimate of drug-likeness (QED) is 0.379. The zero-order valence-electron chi connectivity index (χ0n) is 14.3. The van der Waals surface area contributed by atoms with Gasteiger partial charge < -0.3 is 5.32 Å². The molecule has 11 heteroatoms. The summed E-state index contributed by atoms with van der Waals surface area (Å²) in [6.45, 7) is 0. The lowest BCUT2D eigenvalue weighted by Gasteiger charge is -2.13. The summed E-state index contributed by atoms with van der Waals surface area (Å²) >= 11 is 6.07. The van der Waals surface area contributed by atoms with E-state index in [1.807, 2.05) is 0 Å². The van der Waals surface area contributed by atoms with Crippen LogP contribution in [0.3, 0.4) is 0 Å². The first-order valence-corrected chi connectivity index (χ1v) is 9.18. The molecule has 0 saturated heterocycles. The van der Waals surface area contributed by atoms with Crippen molar-refractivity contribution in [2.24, 2.45) is 0 Å². The first-order chi connectivity index (χ1) is 13.6. The lowest BCUT2D eigenvalue weighted by molar-refractivity contribution is -0.143. The molecule has 0 aliphatic rings. The van der Waals surface area contributed by atoms with Gasteiger partial charge in [0.2, 0.25) is 0 Å². The molecule has 4 nitrogen and oxygen atoms in total. The number of hydrogen-bond acceptors (Lipinski definition) is 3. The van der Waals surface area contributed by atoms with Crippen molar-refractivity contribution in [2.45, 2.75) is 16.8 Å². The van der Waals surface area contributed by atoms with Gasteiger partial charge in [0.1, 0.15) is 0 Å². The zero-order valence-corrected chi connectivity index (χ0v) is 15.8. The summed E-state index contributed by atoms with van der Waals surface area (Å²) in [4.78, 5) is 12.7. The minimum atomic E-state index is -4.86. The topological polar surface area (TPSA) is 46.9 Å². The van der Waals surface area contributed by atoms with Gasteiger partial charge in [-0.25, -0.2) is 4.68 Å². The van der Waals surface area contributed by atoms with E-state index in [1.165, 1.54) is 48.5 Å². The van der Waals surface area contributed by atoms with Gasteiger partial charge in [0, 0.05) is 15.6 Å². The summed E-state index contributed by atoms with van der Waals surface area (Å²) in [5.74, 6) is -3.64. The number of aromatic nitrogens is 2. The van der Waals surface area contributed by atoms with Crippen LogP contribution < -0.4 is 5.32 Å². The fourth-order valence-electron chi connectivity index (χ4n) is 2.48. The third kappa shape index (κ3) is 5.07. The van der Waals surface area contributed by atoms with E-state index < -0.39 is 29.1 Å². The van der Waals surface area contributed by atoms with Gasteiger partial charge in [-0.15, -0.1) is 0 Å². The largest absolute Gasteiger partial charge is 0.434 e. The third-order valence-electron chi connectivity index (χ3n) is 3.69. The maximum absolute atomic E-state index is 13.6. The number of nitrogens with one attached hydrogen (secondary N) is 1. The van der Waals surface area contributed by atoms with E-state index in [2.05, 4.69) is 10.4 Å². The van der Waals surface area contributed by atoms with E-state index in [0.29, 0.717) is 21.5 Å². The highest BCUT2D eigenvalue weighted by Gasteiger charge is 2.40. The van der Waals surface area contributed by atoms with E-state index in [9.17, 15) is 26.7 Å². The molecular weight excluding hydrogens is 437 g/mol. The Morgan fingerprint density at radius 3 is 2.24 bits per heavy atom. The summed E-state index contributed by atoms with van der Waals surface area (Å²) < 4.78 is 66.2. The van der Waals surface area contributed by atoms with Crippen molar-refractivity contribution in [2.75, 3.05) is 5.32 Å². The molecule has 0 spiro atoms. The number of anilines is 1. The molecule has 0 saturated carbocycles. The van der Waals surface area contributed by atoms with Crippen molar-refractivity contribution in [3.8, 4) is 5.69 Å². The molecule has 0 atom stereocenters. The van der Waals surface area contributed by atoms with Crippen molar-refractivity contribution in [1.82, 2.24) is 9.78 Å². The van der Waals surface area contributed by atoms with E-state index in [1.54, 1.807) is 0 Å². The minimum Gasteiger partial charge on any atom is -0.322 e. The Morgan fingerprint density at radius 1 is 1.07 bits per heavy atom. The normalized spacial score (nSPS) is 11.7. The highest BCUT2D eigenvalue weighted by molar-refractivity contribution is 7.99. The molecule has 2 aromatic carbocycles. The molecule has 1 N–H and O–H groups in total. The van der Waals surface area contributed by atoms with Gasteiger partial charge in [-0.3, -0.25) is 4.79 Å². The van der Waals surface area contributed by atoms with Crippen LogP contribution in [-0.4, -0.2) is 21.4 Å². The van der Waals surface area contributed by atoms with Crippen molar-refractivity contribution in [3.05, 3.63) is 71.0 Å². The van der Waals surface area contributed by atoms with Gasteiger partial charge >= 0.3 is 6.18 Å². The molecule has 1 amide bonds. The Kier molecular flexibility index (Phi) is 6.13. The molecule has 0 bridgehead atoms. The second-order valence-corrected chi connectivity index (χ2v) is 7.15. The number of thioether (sulfide) groups is 1. The van der Waals surface area contributed by atoms with E-state index >= 15 is 0 Å². The minimum absolute atomic E-state index is 0.0779. The summed E-state index contributed by atoms with van der Waals surface area (Å²) in [5, 5.41) is 6.35. The average Bonchev–Trinajstić information content (AvgIpc) is 3.09. The highest BCUT2D eigenvalue weighted by atomic mass is 35.5. The Morgan fingerprint density at radius 2 is 1.69 bits per heavy atom. The van der Waals surface area contributed by atoms with Crippen LogP contribution in [0.2, 0.25) is 5.02 Å². The van der Waals surface area contributed by atoms with E-state index in [4.69, 9.17) is 11.6 Å². The van der Waals surface area contributed by atoms with Crippen LogP contribution in [0, 0.1) is 0 Å². The van der Waals surface area contributed by atoms with Crippen LogP contribution in [-0.2, 0) is 6.18 Å². The number of rotatable bonds is 5. The third-order valence-corrected chi connectivity index (χ3v) is 4.67. The van der Waals surface area contributed by atoms with Crippen LogP contribution in [0.25, 0.3) is 5.69 Å². The maximum Gasteiger partial charge on any atom is 0.434 e. The van der Waals surface area contributed by atoms with E-state index in [0.717, 1.165) is 6.20 Å². The molecule has 0 unspecified atom stereocenters. The number of alkyl halides is 5. The Labute approximate surface area is 170 Å². The van der Waals surface area contributed by atoms with Gasteiger partial charge in [0.05, 0.1) is 17.4 Å². The van der Waals surface area contributed by atoms with Crippen LogP contribution in [0.4, 0.5) is 27.6 Å². The molecule has 3 rings (SSSR count). The van der Waals surface area contributed by atoms with Gasteiger partial charge in [0.25, 0.3) is 11.7 Å².